The van der Waals surface area contributed by atoms with Crippen LogP contribution in [0.2, 0.25) is 0 Å². The van der Waals surface area contributed by atoms with Crippen LogP contribution in [0.15, 0.2) is 12.3 Å². The standard InChI is InChI=1S/C14H21N5O/c15-9-6-12(13(16)20)14(17-8-9)18-10-3-5-19-4-1-2-11(19)7-10/h6,8,10-11H,1-5,7,15H2,(H2,16,20)(H,17,18). The summed E-state index contributed by atoms with van der Waals surface area (Å²) in [4.78, 5) is 18.3. The van der Waals surface area contributed by atoms with Crippen molar-refractivity contribution < 1.29 is 4.79 Å². The summed E-state index contributed by atoms with van der Waals surface area (Å²) < 4.78 is 0. The molecule has 1 amide bonds. The number of carbonyl (C=O) groups excluding carboxylic acids is 1. The average molecular weight is 275 g/mol. The summed E-state index contributed by atoms with van der Waals surface area (Å²) in [6.45, 7) is 2.34. The van der Waals surface area contributed by atoms with E-state index in [9.17, 15) is 4.79 Å². The number of nitrogens with one attached hydrogen (secondary N) is 1. The predicted molar refractivity (Wildman–Crippen MR) is 78.4 cm³/mol. The maximum absolute atomic E-state index is 11.5. The summed E-state index contributed by atoms with van der Waals surface area (Å²) in [7, 11) is 0. The number of nitrogen functional groups attached to an aromatic ring is 1. The van der Waals surface area contributed by atoms with Crippen molar-refractivity contribution in [1.29, 1.82) is 0 Å². The number of anilines is 2. The fourth-order valence-electron chi connectivity index (χ4n) is 3.33. The zero-order chi connectivity index (χ0) is 14.1. The Kier molecular flexibility index (Phi) is 3.48. The molecule has 6 nitrogen and oxygen atoms in total. The number of nitrogens with zero attached hydrogens (tertiary/aromatic N) is 2. The third-order valence-electron chi connectivity index (χ3n) is 4.34. The lowest BCUT2D eigenvalue weighted by atomic mass is 9.97. The van der Waals surface area contributed by atoms with Crippen LogP contribution in [0.25, 0.3) is 0 Å². The van der Waals surface area contributed by atoms with Crippen LogP contribution >= 0.6 is 0 Å². The molecule has 0 aromatic carbocycles. The van der Waals surface area contributed by atoms with Crippen LogP contribution in [0, 0.1) is 0 Å². The fourth-order valence-corrected chi connectivity index (χ4v) is 3.33. The summed E-state index contributed by atoms with van der Waals surface area (Å²) in [6, 6.07) is 2.61. The molecule has 2 atom stereocenters. The first kappa shape index (κ1) is 13.2. The summed E-state index contributed by atoms with van der Waals surface area (Å²) in [6.07, 6.45) is 6.30. The van der Waals surface area contributed by atoms with Crippen LogP contribution in [0.5, 0.6) is 0 Å². The van der Waals surface area contributed by atoms with Gasteiger partial charge in [-0.1, -0.05) is 0 Å². The molecule has 20 heavy (non-hydrogen) atoms. The van der Waals surface area contributed by atoms with E-state index in [-0.39, 0.29) is 0 Å². The van der Waals surface area contributed by atoms with Gasteiger partial charge in [-0.3, -0.25) is 4.79 Å². The lowest BCUT2D eigenvalue weighted by molar-refractivity contribution is 0.100. The third-order valence-corrected chi connectivity index (χ3v) is 4.34. The topological polar surface area (TPSA) is 97.3 Å². The van der Waals surface area contributed by atoms with Crippen LogP contribution in [0.4, 0.5) is 11.5 Å². The molecule has 2 fully saturated rings. The summed E-state index contributed by atoms with van der Waals surface area (Å²) in [5.41, 5.74) is 11.9. The summed E-state index contributed by atoms with van der Waals surface area (Å²) in [5, 5.41) is 3.38. The molecule has 108 valence electrons. The first-order chi connectivity index (χ1) is 9.63. The monoisotopic (exact) mass is 275 g/mol. The van der Waals surface area contributed by atoms with Gasteiger partial charge in [0.2, 0.25) is 0 Å². The Morgan fingerprint density at radius 3 is 3.05 bits per heavy atom. The maximum Gasteiger partial charge on any atom is 0.252 e. The minimum absolute atomic E-state index is 0.351. The van der Waals surface area contributed by atoms with Gasteiger partial charge >= 0.3 is 0 Å². The number of hydrogen-bond donors (Lipinski definition) is 3. The molecule has 1 aromatic rings. The minimum Gasteiger partial charge on any atom is -0.397 e. The fraction of sp³-hybridized carbons (Fsp3) is 0.571. The number of fused-ring (bicyclic) bond motifs is 1. The van der Waals surface area contributed by atoms with Gasteiger partial charge in [-0.05, 0) is 38.3 Å². The number of nitrogens with two attached hydrogens (primary N) is 2. The number of rotatable bonds is 3. The minimum atomic E-state index is -0.495. The van der Waals surface area contributed by atoms with Crippen molar-refractivity contribution >= 4 is 17.4 Å². The lowest BCUT2D eigenvalue weighted by Gasteiger charge is -2.35. The highest BCUT2D eigenvalue weighted by Gasteiger charge is 2.32. The van der Waals surface area contributed by atoms with Gasteiger partial charge in [-0.15, -0.1) is 0 Å². The molecule has 0 spiro atoms. The Bertz CT molecular complexity index is 518. The molecule has 5 N–H and O–H groups in total. The Labute approximate surface area is 118 Å². The molecule has 3 rings (SSSR count). The van der Waals surface area contributed by atoms with Crippen LogP contribution < -0.4 is 16.8 Å². The number of pyridine rings is 1. The molecule has 0 aliphatic carbocycles. The summed E-state index contributed by atoms with van der Waals surface area (Å²) >= 11 is 0. The van der Waals surface area contributed by atoms with Crippen molar-refractivity contribution in [3.05, 3.63) is 17.8 Å². The number of carbonyl (C=O) groups is 1. The van der Waals surface area contributed by atoms with Crippen molar-refractivity contribution in [2.75, 3.05) is 24.1 Å². The second-order valence-electron chi connectivity index (χ2n) is 5.73. The van der Waals surface area contributed by atoms with E-state index in [4.69, 9.17) is 11.5 Å². The highest BCUT2D eigenvalue weighted by molar-refractivity contribution is 5.98. The van der Waals surface area contributed by atoms with Gasteiger partial charge in [0.15, 0.2) is 0 Å². The molecule has 2 aliphatic heterocycles. The van der Waals surface area contributed by atoms with Gasteiger partial charge in [0, 0.05) is 18.6 Å². The molecule has 2 unspecified atom stereocenters. The second-order valence-corrected chi connectivity index (χ2v) is 5.73. The van der Waals surface area contributed by atoms with E-state index in [2.05, 4.69) is 15.2 Å². The van der Waals surface area contributed by atoms with Crippen molar-refractivity contribution in [2.45, 2.75) is 37.8 Å². The highest BCUT2D eigenvalue weighted by Crippen LogP contribution is 2.29. The number of aromatic nitrogens is 1. The number of amides is 1. The smallest absolute Gasteiger partial charge is 0.252 e. The van der Waals surface area contributed by atoms with Crippen molar-refractivity contribution in [1.82, 2.24) is 9.88 Å². The van der Waals surface area contributed by atoms with E-state index in [0.29, 0.717) is 29.2 Å². The third kappa shape index (κ3) is 2.56. The number of piperidine rings is 1. The average Bonchev–Trinajstić information content (AvgIpc) is 2.88. The second kappa shape index (κ2) is 5.28. The summed E-state index contributed by atoms with van der Waals surface area (Å²) in [5.74, 6) is 0.0637. The Balaban J connectivity index is 1.73. The Morgan fingerprint density at radius 1 is 1.40 bits per heavy atom. The molecule has 2 aliphatic rings. The molecule has 3 heterocycles. The van der Waals surface area contributed by atoms with Crippen LogP contribution in [-0.4, -0.2) is 41.0 Å². The molecular weight excluding hydrogens is 254 g/mol. The zero-order valence-electron chi connectivity index (χ0n) is 11.5. The molecule has 2 saturated heterocycles. The van der Waals surface area contributed by atoms with E-state index in [1.54, 1.807) is 12.3 Å². The van der Waals surface area contributed by atoms with Crippen molar-refractivity contribution in [2.24, 2.45) is 5.73 Å². The van der Waals surface area contributed by atoms with Crippen LogP contribution in [0.3, 0.4) is 0 Å². The Hall–Kier alpha value is -1.82. The molecule has 0 saturated carbocycles. The van der Waals surface area contributed by atoms with E-state index >= 15 is 0 Å². The molecule has 0 radical (unpaired) electrons. The van der Waals surface area contributed by atoms with Crippen LogP contribution in [-0.2, 0) is 0 Å². The van der Waals surface area contributed by atoms with E-state index in [1.807, 2.05) is 0 Å². The predicted octanol–water partition coefficient (Wildman–Crippen LogP) is 0.801. The SMILES string of the molecule is NC(=O)c1cc(N)cnc1NC1CCN2CCCC2C1. The van der Waals surface area contributed by atoms with Crippen molar-refractivity contribution in [3.8, 4) is 0 Å². The number of primary amides is 1. The molecule has 6 heteroatoms. The Morgan fingerprint density at radius 2 is 2.25 bits per heavy atom. The van der Waals surface area contributed by atoms with Gasteiger partial charge < -0.3 is 21.7 Å². The number of hydrogen-bond acceptors (Lipinski definition) is 5. The quantitative estimate of drug-likeness (QED) is 0.758. The maximum atomic E-state index is 11.5. The van der Waals surface area contributed by atoms with Crippen molar-refractivity contribution in [3.63, 3.8) is 0 Å². The first-order valence-corrected chi connectivity index (χ1v) is 7.19. The molecule has 1 aromatic heterocycles. The van der Waals surface area contributed by atoms with Gasteiger partial charge in [0.1, 0.15) is 5.82 Å². The van der Waals surface area contributed by atoms with Gasteiger partial charge in [-0.25, -0.2) is 4.98 Å². The largest absolute Gasteiger partial charge is 0.397 e. The van der Waals surface area contributed by atoms with Gasteiger partial charge in [0.25, 0.3) is 5.91 Å². The molecule has 0 bridgehead atoms. The normalized spacial score (nSPS) is 26.2. The van der Waals surface area contributed by atoms with E-state index < -0.39 is 5.91 Å². The zero-order valence-corrected chi connectivity index (χ0v) is 11.5. The first-order valence-electron chi connectivity index (χ1n) is 7.19. The van der Waals surface area contributed by atoms with E-state index in [1.165, 1.54) is 19.4 Å². The highest BCUT2D eigenvalue weighted by atomic mass is 16.1. The van der Waals surface area contributed by atoms with Crippen LogP contribution in [0.1, 0.15) is 36.0 Å². The van der Waals surface area contributed by atoms with E-state index in [0.717, 1.165) is 19.4 Å². The molecular formula is C14H21N5O. The van der Waals surface area contributed by atoms with Gasteiger partial charge in [0.05, 0.1) is 17.4 Å². The lowest BCUT2D eigenvalue weighted by Crippen LogP contribution is -2.43. The van der Waals surface area contributed by atoms with Gasteiger partial charge in [-0.2, -0.15) is 0 Å².